The lowest BCUT2D eigenvalue weighted by molar-refractivity contribution is -0.150. The Morgan fingerprint density at radius 2 is 1.31 bits per heavy atom. The quantitative estimate of drug-likeness (QED) is 0.0201. The number of ether oxygens (including phenoxy) is 2. The molecule has 2 aliphatic rings. The number of ketones is 2. The Hall–Kier alpha value is -2.01. The van der Waals surface area contributed by atoms with E-state index in [0.717, 1.165) is 110 Å². The van der Waals surface area contributed by atoms with E-state index in [1.54, 1.807) is 6.92 Å². The van der Waals surface area contributed by atoms with Crippen molar-refractivity contribution >= 4 is 17.5 Å². The minimum atomic E-state index is -0.218. The van der Waals surface area contributed by atoms with E-state index < -0.39 is 0 Å². The van der Waals surface area contributed by atoms with Crippen LogP contribution < -0.4 is 0 Å². The highest BCUT2D eigenvalue weighted by Gasteiger charge is 2.31. The minimum Gasteiger partial charge on any atom is -0.462 e. The van der Waals surface area contributed by atoms with Gasteiger partial charge in [0.1, 0.15) is 11.9 Å². The molecule has 0 aromatic rings. The van der Waals surface area contributed by atoms with Gasteiger partial charge in [-0.05, 0) is 114 Å². The predicted octanol–water partition coefficient (Wildman–Crippen LogP) is 15.6. The Labute approximate surface area is 383 Å². The maximum atomic E-state index is 13.0. The van der Waals surface area contributed by atoms with Crippen LogP contribution >= 0.6 is 0 Å². The van der Waals surface area contributed by atoms with Crippen molar-refractivity contribution in [3.8, 4) is 0 Å². The first-order chi connectivity index (χ1) is 30.1. The molecule has 0 spiro atoms. The van der Waals surface area contributed by atoms with E-state index in [2.05, 4.69) is 51.0 Å². The summed E-state index contributed by atoms with van der Waals surface area (Å²) in [5.41, 5.74) is 4.27. The number of allylic oxidation sites excluding steroid dienone is 2. The summed E-state index contributed by atoms with van der Waals surface area (Å²) in [6.07, 6.45) is 42.9. The van der Waals surface area contributed by atoms with Gasteiger partial charge in [0, 0.05) is 37.5 Å². The van der Waals surface area contributed by atoms with Crippen molar-refractivity contribution in [3.63, 3.8) is 0 Å². The Morgan fingerprint density at radius 1 is 0.726 bits per heavy atom. The fourth-order valence-corrected chi connectivity index (χ4v) is 9.71. The first-order valence-corrected chi connectivity index (χ1v) is 26.7. The summed E-state index contributed by atoms with van der Waals surface area (Å²) in [5, 5.41) is 0. The third-order valence-corrected chi connectivity index (χ3v) is 14.3. The van der Waals surface area contributed by atoms with Crippen molar-refractivity contribution in [3.05, 3.63) is 30.0 Å². The van der Waals surface area contributed by atoms with Crippen LogP contribution in [0.4, 0.5) is 0 Å². The number of esters is 1. The van der Waals surface area contributed by atoms with Gasteiger partial charge in [-0.15, -0.1) is 5.73 Å². The monoisotopic (exact) mass is 866 g/mol. The zero-order chi connectivity index (χ0) is 45.1. The number of carbonyl (C=O) groups excluding carboxylic acids is 3. The molecule has 0 N–H and O–H groups in total. The molecular formula is C56H99NO5. The SMILES string of the molecule is C=C=C(CCC(=O)/C=C\[C@H]1C[C@@H](COCCCCCCCC(=O)OC(CCCCCCCC)CCCCCCCC)N(CCCCCCC(C)(C)C(C)=O)C1)C1CCCCCC1. The molecule has 0 amide bonds. The zero-order valence-electron chi connectivity index (χ0n) is 41.5. The molecule has 1 aliphatic heterocycles. The number of rotatable bonds is 39. The lowest BCUT2D eigenvalue weighted by Crippen LogP contribution is -2.34. The van der Waals surface area contributed by atoms with Crippen LogP contribution in [0.5, 0.6) is 0 Å². The van der Waals surface area contributed by atoms with E-state index in [1.165, 1.54) is 128 Å². The minimum absolute atomic E-state index is 0.00912. The molecule has 62 heavy (non-hydrogen) atoms. The van der Waals surface area contributed by atoms with E-state index in [4.69, 9.17) is 9.47 Å². The van der Waals surface area contributed by atoms with Crippen LogP contribution in [0.1, 0.15) is 253 Å². The summed E-state index contributed by atoms with van der Waals surface area (Å²) in [4.78, 5) is 40.4. The van der Waals surface area contributed by atoms with Gasteiger partial charge in [0.2, 0.25) is 0 Å². The van der Waals surface area contributed by atoms with E-state index in [1.807, 2.05) is 6.08 Å². The highest BCUT2D eigenvalue weighted by Crippen LogP contribution is 2.31. The predicted molar refractivity (Wildman–Crippen MR) is 263 cm³/mol. The molecule has 0 bridgehead atoms. The Balaban J connectivity index is 1.74. The van der Waals surface area contributed by atoms with E-state index in [-0.39, 0.29) is 29.1 Å². The molecule has 6 nitrogen and oxygen atoms in total. The van der Waals surface area contributed by atoms with Gasteiger partial charge in [-0.25, -0.2) is 0 Å². The maximum absolute atomic E-state index is 13.0. The average molecular weight is 866 g/mol. The van der Waals surface area contributed by atoms with Crippen molar-refractivity contribution < 1.29 is 23.9 Å². The fourth-order valence-electron chi connectivity index (χ4n) is 9.71. The molecule has 0 aromatic heterocycles. The second-order valence-corrected chi connectivity index (χ2v) is 20.3. The molecule has 1 aliphatic carbocycles. The number of unbranched alkanes of at least 4 members (excludes halogenated alkanes) is 17. The highest BCUT2D eigenvalue weighted by atomic mass is 16.5. The van der Waals surface area contributed by atoms with Crippen LogP contribution in [0.3, 0.4) is 0 Å². The summed E-state index contributed by atoms with van der Waals surface area (Å²) in [7, 11) is 0. The molecule has 6 heteroatoms. The number of carbonyl (C=O) groups is 3. The number of hydrogen-bond donors (Lipinski definition) is 0. The van der Waals surface area contributed by atoms with Crippen molar-refractivity contribution in [2.45, 2.75) is 265 Å². The molecule has 0 unspecified atom stereocenters. The standard InChI is InChI=1S/C56H99NO5/c1-7-10-12-14-17-27-35-54(36-28-18-15-13-11-8-2)62-55(60)37-29-19-16-24-32-44-61-47-52-45-49(46-57(52)43-31-23-22-30-42-56(5,6)48(4)58)38-40-53(59)41-39-50(9-3)51-33-25-20-21-26-34-51/h38,40,49,51-52,54H,3,7-8,10-37,39,41-47H2,1-2,4-6H3/b40-38-/t49-,52-/m0/s1. The van der Waals surface area contributed by atoms with Crippen molar-refractivity contribution in [2.75, 3.05) is 26.3 Å². The third-order valence-electron chi connectivity index (χ3n) is 14.3. The highest BCUT2D eigenvalue weighted by molar-refractivity contribution is 5.89. The normalized spacial score (nSPS) is 17.8. The second kappa shape index (κ2) is 36.2. The van der Waals surface area contributed by atoms with Gasteiger partial charge in [0.15, 0.2) is 5.78 Å². The van der Waals surface area contributed by atoms with Crippen LogP contribution in [-0.2, 0) is 23.9 Å². The lowest BCUT2D eigenvalue weighted by atomic mass is 9.83. The van der Waals surface area contributed by atoms with Gasteiger partial charge in [-0.2, -0.15) is 0 Å². The molecule has 2 atom stereocenters. The number of hydrogen-bond acceptors (Lipinski definition) is 6. The van der Waals surface area contributed by atoms with Gasteiger partial charge in [-0.3, -0.25) is 19.3 Å². The van der Waals surface area contributed by atoms with Gasteiger partial charge in [-0.1, -0.05) is 169 Å². The van der Waals surface area contributed by atoms with Crippen LogP contribution in [0.15, 0.2) is 30.0 Å². The number of likely N-dealkylation sites (tertiary alicyclic amines) is 1. The topological polar surface area (TPSA) is 72.9 Å². The number of nitrogens with zero attached hydrogens (tertiary/aromatic N) is 1. The smallest absolute Gasteiger partial charge is 0.306 e. The van der Waals surface area contributed by atoms with Crippen LogP contribution in [0.2, 0.25) is 0 Å². The summed E-state index contributed by atoms with van der Waals surface area (Å²) < 4.78 is 12.4. The Bertz CT molecular complexity index is 1220. The first kappa shape index (κ1) is 56.1. The van der Waals surface area contributed by atoms with E-state index in [9.17, 15) is 14.4 Å². The first-order valence-electron chi connectivity index (χ1n) is 26.7. The molecule has 0 radical (unpaired) electrons. The molecule has 2 rings (SSSR count). The molecule has 0 aromatic carbocycles. The second-order valence-electron chi connectivity index (χ2n) is 20.3. The number of Topliss-reactive ketones (excluding diaryl/α,β-unsaturated/α-hetero) is 1. The largest absolute Gasteiger partial charge is 0.462 e. The van der Waals surface area contributed by atoms with Crippen molar-refractivity contribution in [2.24, 2.45) is 17.3 Å². The van der Waals surface area contributed by atoms with E-state index >= 15 is 0 Å². The summed E-state index contributed by atoms with van der Waals surface area (Å²) in [6.45, 7) is 17.9. The van der Waals surface area contributed by atoms with Crippen LogP contribution in [0.25, 0.3) is 0 Å². The van der Waals surface area contributed by atoms with E-state index in [0.29, 0.717) is 30.7 Å². The Morgan fingerprint density at radius 3 is 1.94 bits per heavy atom. The van der Waals surface area contributed by atoms with Gasteiger partial charge < -0.3 is 9.47 Å². The molecule has 1 saturated carbocycles. The third kappa shape index (κ3) is 27.3. The Kier molecular flexibility index (Phi) is 32.8. The fraction of sp³-hybridized carbons (Fsp3) is 0.857. The van der Waals surface area contributed by atoms with Crippen LogP contribution in [-0.4, -0.2) is 60.9 Å². The molecular weight excluding hydrogens is 767 g/mol. The van der Waals surface area contributed by atoms with Crippen molar-refractivity contribution in [1.82, 2.24) is 4.90 Å². The van der Waals surface area contributed by atoms with Gasteiger partial charge in [0.25, 0.3) is 0 Å². The molecule has 1 saturated heterocycles. The zero-order valence-corrected chi connectivity index (χ0v) is 41.5. The molecule has 358 valence electrons. The average Bonchev–Trinajstić information content (AvgIpc) is 3.43. The molecule has 1 heterocycles. The maximum Gasteiger partial charge on any atom is 0.306 e. The van der Waals surface area contributed by atoms with Crippen molar-refractivity contribution in [1.29, 1.82) is 0 Å². The summed E-state index contributed by atoms with van der Waals surface area (Å²) in [5.74, 6) is 1.44. The molecule has 2 fully saturated rings. The van der Waals surface area contributed by atoms with Crippen LogP contribution in [0, 0.1) is 17.3 Å². The lowest BCUT2D eigenvalue weighted by Gasteiger charge is -2.24. The summed E-state index contributed by atoms with van der Waals surface area (Å²) >= 11 is 0. The summed E-state index contributed by atoms with van der Waals surface area (Å²) in [6, 6.07) is 0.374. The van der Waals surface area contributed by atoms with Gasteiger partial charge >= 0.3 is 5.97 Å². The van der Waals surface area contributed by atoms with Gasteiger partial charge in [0.05, 0.1) is 6.61 Å².